The van der Waals surface area contributed by atoms with Crippen LogP contribution < -0.4 is 17.2 Å². The van der Waals surface area contributed by atoms with Crippen molar-refractivity contribution in [2.75, 3.05) is 24.6 Å². The molecule has 1 aliphatic heterocycles. The zero-order chi connectivity index (χ0) is 20.7. The zero-order valence-corrected chi connectivity index (χ0v) is 17.0. The fraction of sp³-hybridized carbons (Fsp3) is 0.263. The molecule has 3 aromatic heterocycles. The number of piperidine rings is 1. The maximum Gasteiger partial charge on any atom is 0.266 e. The van der Waals surface area contributed by atoms with Gasteiger partial charge in [0.05, 0.1) is 5.69 Å². The number of carbonyl (C=O) groups excluding carboxylic acids is 2. The number of aromatic nitrogens is 1. The lowest BCUT2D eigenvalue weighted by molar-refractivity contribution is -0.123. The van der Waals surface area contributed by atoms with Crippen molar-refractivity contribution in [1.82, 2.24) is 9.88 Å². The molecule has 1 aliphatic rings. The van der Waals surface area contributed by atoms with Gasteiger partial charge >= 0.3 is 0 Å². The zero-order valence-electron chi connectivity index (χ0n) is 15.3. The lowest BCUT2D eigenvalue weighted by atomic mass is 9.96. The second kappa shape index (κ2) is 7.35. The Morgan fingerprint density at radius 3 is 2.59 bits per heavy atom. The van der Waals surface area contributed by atoms with Crippen molar-refractivity contribution in [3.05, 3.63) is 28.0 Å². The van der Waals surface area contributed by atoms with Gasteiger partial charge < -0.3 is 22.1 Å². The number of pyridine rings is 1. The van der Waals surface area contributed by atoms with Crippen LogP contribution in [-0.2, 0) is 4.79 Å². The summed E-state index contributed by atoms with van der Waals surface area (Å²) in [6, 6.07) is 5.88. The number of anilines is 2. The number of nitrogens with two attached hydrogens (primary N) is 3. The van der Waals surface area contributed by atoms with Crippen molar-refractivity contribution in [2.24, 2.45) is 11.7 Å². The lowest BCUT2D eigenvalue weighted by Crippen LogP contribution is -2.41. The normalized spacial score (nSPS) is 14.8. The minimum absolute atomic E-state index is 0.117. The largest absolute Gasteiger partial charge is 0.397 e. The third kappa shape index (κ3) is 3.18. The Kier molecular flexibility index (Phi) is 4.86. The summed E-state index contributed by atoms with van der Waals surface area (Å²) in [5.41, 5.74) is 19.0. The molecule has 6 N–H and O–H groups in total. The van der Waals surface area contributed by atoms with Crippen LogP contribution in [0.25, 0.3) is 20.7 Å². The van der Waals surface area contributed by atoms with Crippen molar-refractivity contribution < 1.29 is 9.59 Å². The summed E-state index contributed by atoms with van der Waals surface area (Å²) < 4.78 is 0. The molecule has 0 bridgehead atoms. The molecule has 0 radical (unpaired) electrons. The summed E-state index contributed by atoms with van der Waals surface area (Å²) in [7, 11) is 0. The van der Waals surface area contributed by atoms with Crippen LogP contribution in [0.2, 0.25) is 0 Å². The first-order valence-corrected chi connectivity index (χ1v) is 10.7. The molecular weight excluding hydrogens is 408 g/mol. The van der Waals surface area contributed by atoms with Gasteiger partial charge in [-0.25, -0.2) is 4.98 Å². The van der Waals surface area contributed by atoms with Gasteiger partial charge in [-0.3, -0.25) is 9.59 Å². The first-order valence-electron chi connectivity index (χ1n) is 8.96. The molecule has 2 amide bonds. The van der Waals surface area contributed by atoms with Gasteiger partial charge in [0.25, 0.3) is 5.91 Å². The molecule has 0 saturated carbocycles. The van der Waals surface area contributed by atoms with E-state index in [-0.39, 0.29) is 29.1 Å². The van der Waals surface area contributed by atoms with Crippen molar-refractivity contribution in [3.63, 3.8) is 0 Å². The highest BCUT2D eigenvalue weighted by atomic mass is 32.1. The van der Waals surface area contributed by atoms with Gasteiger partial charge in [0, 0.05) is 34.8 Å². The number of rotatable bonds is 3. The maximum atomic E-state index is 13.1. The first kappa shape index (κ1) is 19.2. The number of hydrogen-bond acceptors (Lipinski definition) is 8. The highest BCUT2D eigenvalue weighted by molar-refractivity contribution is 7.21. The summed E-state index contributed by atoms with van der Waals surface area (Å²) in [5, 5.41) is 12.1. The quantitative estimate of drug-likeness (QED) is 0.585. The van der Waals surface area contributed by atoms with E-state index >= 15 is 0 Å². The molecule has 29 heavy (non-hydrogen) atoms. The van der Waals surface area contributed by atoms with E-state index in [2.05, 4.69) is 11.1 Å². The molecule has 4 rings (SSSR count). The predicted molar refractivity (Wildman–Crippen MR) is 114 cm³/mol. The Labute approximate surface area is 174 Å². The minimum Gasteiger partial charge on any atom is -0.397 e. The van der Waals surface area contributed by atoms with Crippen LogP contribution in [0.1, 0.15) is 28.1 Å². The van der Waals surface area contributed by atoms with Crippen molar-refractivity contribution >= 4 is 56.2 Å². The van der Waals surface area contributed by atoms with E-state index in [0.717, 1.165) is 4.88 Å². The van der Waals surface area contributed by atoms with Crippen LogP contribution in [0, 0.1) is 17.2 Å². The number of nitriles is 1. The topological polar surface area (TPSA) is 152 Å². The fourth-order valence-corrected chi connectivity index (χ4v) is 5.48. The van der Waals surface area contributed by atoms with Gasteiger partial charge in [-0.15, -0.1) is 22.7 Å². The van der Waals surface area contributed by atoms with Crippen molar-refractivity contribution in [2.45, 2.75) is 12.8 Å². The summed E-state index contributed by atoms with van der Waals surface area (Å²) in [6.07, 6.45) is 1.08. The van der Waals surface area contributed by atoms with Crippen LogP contribution in [0.3, 0.4) is 0 Å². The molecule has 0 unspecified atom stereocenters. The van der Waals surface area contributed by atoms with Crippen LogP contribution in [0.4, 0.5) is 11.5 Å². The summed E-state index contributed by atoms with van der Waals surface area (Å²) in [5.74, 6) is -0.625. The van der Waals surface area contributed by atoms with E-state index in [1.165, 1.54) is 22.7 Å². The first-order chi connectivity index (χ1) is 13.9. The molecule has 0 spiro atoms. The summed E-state index contributed by atoms with van der Waals surface area (Å²) in [4.78, 5) is 32.2. The molecule has 1 saturated heterocycles. The molecule has 10 heteroatoms. The SMILES string of the molecule is N#Cc1c(N)nc2sc(C(=O)N3CCC(C(N)=O)CC3)c(N)c2c1-c1cccs1. The molecule has 0 aliphatic carbocycles. The number of likely N-dealkylation sites (tertiary alicyclic amines) is 1. The van der Waals surface area contributed by atoms with Gasteiger partial charge in [-0.2, -0.15) is 5.26 Å². The molecule has 0 aromatic carbocycles. The highest BCUT2D eigenvalue weighted by Crippen LogP contribution is 2.44. The number of primary amides is 1. The second-order valence-electron chi connectivity index (χ2n) is 6.83. The Balaban J connectivity index is 1.79. The highest BCUT2D eigenvalue weighted by Gasteiger charge is 2.30. The third-order valence-corrected chi connectivity index (χ3v) is 7.14. The Hall–Kier alpha value is -3.16. The molecule has 0 atom stereocenters. The number of carbonyl (C=O) groups is 2. The number of nitrogen functional groups attached to an aromatic ring is 2. The molecule has 8 nitrogen and oxygen atoms in total. The summed E-state index contributed by atoms with van der Waals surface area (Å²) >= 11 is 2.64. The predicted octanol–water partition coefficient (Wildman–Crippen LogP) is 2.40. The fourth-order valence-electron chi connectivity index (χ4n) is 3.62. The van der Waals surface area contributed by atoms with Crippen LogP contribution in [0.15, 0.2) is 17.5 Å². The molecule has 4 heterocycles. The summed E-state index contributed by atoms with van der Waals surface area (Å²) in [6.45, 7) is 0.883. The van der Waals surface area contributed by atoms with Gasteiger partial charge in [0.2, 0.25) is 5.91 Å². The van der Waals surface area contributed by atoms with Gasteiger partial charge in [0.15, 0.2) is 0 Å². The van der Waals surface area contributed by atoms with E-state index in [1.54, 1.807) is 4.90 Å². The van der Waals surface area contributed by atoms with Crippen molar-refractivity contribution in [1.29, 1.82) is 5.26 Å². The molecule has 1 fully saturated rings. The van der Waals surface area contributed by atoms with E-state index in [1.807, 2.05) is 17.5 Å². The molecule has 3 aromatic rings. The van der Waals surface area contributed by atoms with E-state index in [9.17, 15) is 14.9 Å². The number of hydrogen-bond donors (Lipinski definition) is 3. The van der Waals surface area contributed by atoms with Crippen molar-refractivity contribution in [3.8, 4) is 16.5 Å². The molecular formula is C19H18N6O2S2. The van der Waals surface area contributed by atoms with Gasteiger partial charge in [0.1, 0.15) is 27.2 Å². The monoisotopic (exact) mass is 426 g/mol. The van der Waals surface area contributed by atoms with Crippen LogP contribution in [0.5, 0.6) is 0 Å². The number of fused-ring (bicyclic) bond motifs is 1. The average Bonchev–Trinajstić information content (AvgIpc) is 3.35. The average molecular weight is 427 g/mol. The Morgan fingerprint density at radius 1 is 1.28 bits per heavy atom. The Bertz CT molecular complexity index is 1150. The van der Waals surface area contributed by atoms with Crippen LogP contribution >= 0.6 is 22.7 Å². The Morgan fingerprint density at radius 2 is 2.00 bits per heavy atom. The second-order valence-corrected chi connectivity index (χ2v) is 8.78. The van der Waals surface area contributed by atoms with E-state index in [4.69, 9.17) is 17.2 Å². The molecule has 148 valence electrons. The van der Waals surface area contributed by atoms with Gasteiger partial charge in [-0.05, 0) is 24.3 Å². The lowest BCUT2D eigenvalue weighted by Gasteiger charge is -2.30. The van der Waals surface area contributed by atoms with Crippen LogP contribution in [-0.4, -0.2) is 34.8 Å². The van der Waals surface area contributed by atoms with E-state index in [0.29, 0.717) is 52.3 Å². The standard InChI is InChI=1S/C19H18N6O2S2/c20-8-10-12(11-2-1-7-28-11)13-14(21)15(29-18(13)24-16(10)22)19(27)25-5-3-9(4-6-25)17(23)26/h1-2,7,9H,3-6,21H2,(H2,22,24)(H2,23,26). The number of amides is 2. The smallest absolute Gasteiger partial charge is 0.266 e. The third-order valence-electron chi connectivity index (χ3n) is 5.16. The van der Waals surface area contributed by atoms with E-state index < -0.39 is 0 Å². The maximum absolute atomic E-state index is 13.1. The van der Waals surface area contributed by atoms with Gasteiger partial charge in [-0.1, -0.05) is 6.07 Å². The number of nitrogens with zero attached hydrogens (tertiary/aromatic N) is 3. The number of thiophene rings is 2. The minimum atomic E-state index is -0.331.